The standard InChI is InChI=1S/C25H29N3O5S/c1-17(19-7-11-23(33-4)12-8-19)27-25(30)20-13-21(15-24(14-20)34(31,32)28(2)3)26-16-18-5-9-22(29)10-6-18/h5-15,17,26,29H,16H2,1-4H3,(H,27,30)/t17-/m1/s1. The Balaban J connectivity index is 1.87. The van der Waals surface area contributed by atoms with Crippen molar-refractivity contribution in [3.8, 4) is 11.5 Å². The van der Waals surface area contributed by atoms with Gasteiger partial charge in [0.2, 0.25) is 10.0 Å². The Morgan fingerprint density at radius 3 is 2.26 bits per heavy atom. The highest BCUT2D eigenvalue weighted by Gasteiger charge is 2.21. The number of phenolic OH excluding ortho intramolecular Hbond substituents is 1. The lowest BCUT2D eigenvalue weighted by molar-refractivity contribution is 0.0939. The average Bonchev–Trinajstić information content (AvgIpc) is 2.83. The van der Waals surface area contributed by atoms with Crippen molar-refractivity contribution in [2.24, 2.45) is 0 Å². The summed E-state index contributed by atoms with van der Waals surface area (Å²) in [5, 5.41) is 15.5. The molecule has 0 heterocycles. The maximum atomic E-state index is 13.1. The van der Waals surface area contributed by atoms with Gasteiger partial charge < -0.3 is 20.5 Å². The quantitative estimate of drug-likeness (QED) is 0.428. The molecule has 1 amide bonds. The highest BCUT2D eigenvalue weighted by molar-refractivity contribution is 7.89. The predicted molar refractivity (Wildman–Crippen MR) is 132 cm³/mol. The maximum absolute atomic E-state index is 13.1. The zero-order valence-corrected chi connectivity index (χ0v) is 20.4. The number of rotatable bonds is 9. The monoisotopic (exact) mass is 483 g/mol. The van der Waals surface area contributed by atoms with E-state index in [9.17, 15) is 18.3 Å². The molecule has 0 aromatic heterocycles. The number of ether oxygens (including phenoxy) is 1. The van der Waals surface area contributed by atoms with Crippen LogP contribution in [0.2, 0.25) is 0 Å². The molecule has 0 aliphatic heterocycles. The van der Waals surface area contributed by atoms with E-state index < -0.39 is 15.9 Å². The first-order valence-corrected chi connectivity index (χ1v) is 12.1. The van der Waals surface area contributed by atoms with Crippen LogP contribution in [0.5, 0.6) is 11.5 Å². The van der Waals surface area contributed by atoms with Gasteiger partial charge in [0.1, 0.15) is 11.5 Å². The highest BCUT2D eigenvalue weighted by atomic mass is 32.2. The van der Waals surface area contributed by atoms with Crippen molar-refractivity contribution in [1.29, 1.82) is 0 Å². The van der Waals surface area contributed by atoms with Crippen molar-refractivity contribution in [3.05, 3.63) is 83.4 Å². The number of methoxy groups -OCH3 is 1. The topological polar surface area (TPSA) is 108 Å². The van der Waals surface area contributed by atoms with Gasteiger partial charge in [-0.15, -0.1) is 0 Å². The molecule has 180 valence electrons. The first-order chi connectivity index (χ1) is 16.1. The van der Waals surface area contributed by atoms with Gasteiger partial charge in [0.25, 0.3) is 5.91 Å². The molecule has 0 saturated heterocycles. The number of hydrogen-bond acceptors (Lipinski definition) is 6. The van der Waals surface area contributed by atoms with E-state index in [0.29, 0.717) is 18.0 Å². The molecule has 3 rings (SSSR count). The third-order valence-electron chi connectivity index (χ3n) is 5.34. The molecule has 0 aliphatic carbocycles. The summed E-state index contributed by atoms with van der Waals surface area (Å²) in [6.07, 6.45) is 0. The second-order valence-corrected chi connectivity index (χ2v) is 10.2. The predicted octanol–water partition coefficient (Wildman–Crippen LogP) is 3.75. The Morgan fingerprint density at radius 2 is 1.68 bits per heavy atom. The van der Waals surface area contributed by atoms with E-state index in [0.717, 1.165) is 15.4 Å². The van der Waals surface area contributed by atoms with Crippen molar-refractivity contribution in [2.45, 2.75) is 24.4 Å². The van der Waals surface area contributed by atoms with Crippen molar-refractivity contribution < 1.29 is 23.1 Å². The molecule has 34 heavy (non-hydrogen) atoms. The van der Waals surface area contributed by atoms with E-state index in [4.69, 9.17) is 4.74 Å². The molecule has 3 N–H and O–H groups in total. The number of nitrogens with zero attached hydrogens (tertiary/aromatic N) is 1. The van der Waals surface area contributed by atoms with Crippen molar-refractivity contribution in [3.63, 3.8) is 0 Å². The van der Waals surface area contributed by atoms with Crippen molar-refractivity contribution in [2.75, 3.05) is 26.5 Å². The molecule has 3 aromatic rings. The van der Waals surface area contributed by atoms with Gasteiger partial charge in [-0.25, -0.2) is 12.7 Å². The molecule has 0 fully saturated rings. The summed E-state index contributed by atoms with van der Waals surface area (Å²) in [6.45, 7) is 2.24. The van der Waals surface area contributed by atoms with Crippen LogP contribution >= 0.6 is 0 Å². The molecular weight excluding hydrogens is 454 g/mol. The number of amides is 1. The minimum atomic E-state index is -3.77. The van der Waals surface area contributed by atoms with E-state index in [1.54, 1.807) is 37.4 Å². The number of aromatic hydroxyl groups is 1. The number of sulfonamides is 1. The zero-order valence-electron chi connectivity index (χ0n) is 19.6. The average molecular weight is 484 g/mol. The van der Waals surface area contributed by atoms with Gasteiger partial charge in [-0.05, 0) is 60.5 Å². The Bertz CT molecular complexity index is 1240. The Morgan fingerprint density at radius 1 is 1.03 bits per heavy atom. The SMILES string of the molecule is COc1ccc([C@@H](C)NC(=O)c2cc(NCc3ccc(O)cc3)cc(S(=O)(=O)N(C)C)c2)cc1. The van der Waals surface area contributed by atoms with Crippen molar-refractivity contribution >= 4 is 21.6 Å². The smallest absolute Gasteiger partial charge is 0.251 e. The number of nitrogens with one attached hydrogen (secondary N) is 2. The lowest BCUT2D eigenvalue weighted by Crippen LogP contribution is -2.27. The van der Waals surface area contributed by atoms with Gasteiger partial charge in [-0.1, -0.05) is 24.3 Å². The molecular formula is C25H29N3O5S. The fourth-order valence-electron chi connectivity index (χ4n) is 3.27. The summed E-state index contributed by atoms with van der Waals surface area (Å²) in [7, 11) is 0.703. The number of carbonyl (C=O) groups excluding carboxylic acids is 1. The number of carbonyl (C=O) groups is 1. The second-order valence-electron chi connectivity index (χ2n) is 8.02. The molecule has 0 spiro atoms. The number of anilines is 1. The van der Waals surface area contributed by atoms with E-state index in [2.05, 4.69) is 10.6 Å². The van der Waals surface area contributed by atoms with Crippen LogP contribution in [0.25, 0.3) is 0 Å². The summed E-state index contributed by atoms with van der Waals surface area (Å²) in [4.78, 5) is 13.1. The Labute approximate surface area is 200 Å². The van der Waals surface area contributed by atoms with Gasteiger partial charge in [-0.2, -0.15) is 0 Å². The third kappa shape index (κ3) is 6.06. The molecule has 0 unspecified atom stereocenters. The van der Waals surface area contributed by atoms with E-state index in [1.165, 1.54) is 26.2 Å². The fourth-order valence-corrected chi connectivity index (χ4v) is 4.24. The third-order valence-corrected chi connectivity index (χ3v) is 7.14. The highest BCUT2D eigenvalue weighted by Crippen LogP contribution is 2.24. The Hall–Kier alpha value is -3.56. The van der Waals surface area contributed by atoms with E-state index in [-0.39, 0.29) is 22.3 Å². The molecule has 0 aliphatic rings. The minimum absolute atomic E-state index is 0.00968. The van der Waals surface area contributed by atoms with Crippen molar-refractivity contribution in [1.82, 2.24) is 9.62 Å². The second kappa shape index (κ2) is 10.6. The molecule has 0 radical (unpaired) electrons. The Kier molecular flexibility index (Phi) is 7.80. The zero-order chi connectivity index (χ0) is 24.9. The van der Waals surface area contributed by atoms with Crippen LogP contribution in [0, 0.1) is 0 Å². The largest absolute Gasteiger partial charge is 0.508 e. The van der Waals surface area contributed by atoms with Crippen LogP contribution in [0.1, 0.15) is 34.5 Å². The summed E-state index contributed by atoms with van der Waals surface area (Å²) in [5.74, 6) is 0.479. The number of phenols is 1. The fraction of sp³-hybridized carbons (Fsp3) is 0.240. The van der Waals surface area contributed by atoms with Gasteiger partial charge >= 0.3 is 0 Å². The van der Waals surface area contributed by atoms with Crippen LogP contribution in [0.3, 0.4) is 0 Å². The van der Waals surface area contributed by atoms with Gasteiger partial charge in [-0.3, -0.25) is 4.79 Å². The normalized spacial score (nSPS) is 12.3. The molecule has 3 aromatic carbocycles. The molecule has 9 heteroatoms. The van der Waals surface area contributed by atoms with Crippen LogP contribution in [-0.4, -0.2) is 44.9 Å². The first-order valence-electron chi connectivity index (χ1n) is 10.6. The van der Waals surface area contributed by atoms with E-state index >= 15 is 0 Å². The molecule has 1 atom stereocenters. The van der Waals surface area contributed by atoms with E-state index in [1.807, 2.05) is 31.2 Å². The minimum Gasteiger partial charge on any atom is -0.508 e. The molecule has 0 bridgehead atoms. The number of hydrogen-bond donors (Lipinski definition) is 3. The van der Waals surface area contributed by atoms with Crippen LogP contribution in [0.4, 0.5) is 5.69 Å². The van der Waals surface area contributed by atoms with Crippen LogP contribution in [-0.2, 0) is 16.6 Å². The maximum Gasteiger partial charge on any atom is 0.251 e. The van der Waals surface area contributed by atoms with Gasteiger partial charge in [0.15, 0.2) is 0 Å². The van der Waals surface area contributed by atoms with Crippen LogP contribution in [0.15, 0.2) is 71.6 Å². The lowest BCUT2D eigenvalue weighted by atomic mass is 10.1. The summed E-state index contributed by atoms with van der Waals surface area (Å²) in [6, 6.07) is 18.2. The summed E-state index contributed by atoms with van der Waals surface area (Å²) < 4.78 is 31.9. The van der Waals surface area contributed by atoms with Gasteiger partial charge in [0.05, 0.1) is 18.0 Å². The molecule has 8 nitrogen and oxygen atoms in total. The summed E-state index contributed by atoms with van der Waals surface area (Å²) >= 11 is 0. The number of benzene rings is 3. The van der Waals surface area contributed by atoms with Crippen LogP contribution < -0.4 is 15.4 Å². The van der Waals surface area contributed by atoms with Gasteiger partial charge in [0, 0.05) is 31.9 Å². The molecule has 0 saturated carbocycles. The lowest BCUT2D eigenvalue weighted by Gasteiger charge is -2.18. The summed E-state index contributed by atoms with van der Waals surface area (Å²) in [5.41, 5.74) is 2.48. The first kappa shape index (κ1) is 25.1.